The van der Waals surface area contributed by atoms with E-state index >= 15 is 0 Å². The van der Waals surface area contributed by atoms with E-state index in [9.17, 15) is 5.11 Å². The van der Waals surface area contributed by atoms with Crippen LogP contribution in [0.2, 0.25) is 5.02 Å². The zero-order chi connectivity index (χ0) is 12.5. The molecule has 4 heteroatoms. The van der Waals surface area contributed by atoms with Crippen LogP contribution in [0.1, 0.15) is 16.5 Å². The van der Waals surface area contributed by atoms with Gasteiger partial charge in [-0.05, 0) is 35.2 Å². The lowest BCUT2D eigenvalue weighted by atomic mass is 10.1. The molecular weight excluding hydrogens is 284 g/mol. The summed E-state index contributed by atoms with van der Waals surface area (Å²) in [5.74, 6) is 0. The minimum atomic E-state index is -0.434. The highest BCUT2D eigenvalue weighted by Crippen LogP contribution is 2.34. The van der Waals surface area contributed by atoms with Crippen LogP contribution in [0.4, 0.5) is 0 Å². The third-order valence-electron chi connectivity index (χ3n) is 2.83. The molecule has 0 aliphatic carbocycles. The van der Waals surface area contributed by atoms with Gasteiger partial charge >= 0.3 is 0 Å². The average Bonchev–Trinajstić information content (AvgIpc) is 2.92. The maximum atomic E-state index is 10.2. The van der Waals surface area contributed by atoms with E-state index in [4.69, 9.17) is 11.6 Å². The molecule has 1 nitrogen and oxygen atoms in total. The van der Waals surface area contributed by atoms with Crippen LogP contribution in [0.5, 0.6) is 0 Å². The van der Waals surface area contributed by atoms with Crippen molar-refractivity contribution in [3.05, 3.63) is 57.2 Å². The number of thiophene rings is 2. The minimum absolute atomic E-state index is 0.434. The second kappa shape index (κ2) is 5.02. The Hall–Kier alpha value is -0.870. The highest BCUT2D eigenvalue weighted by molar-refractivity contribution is 7.26. The first-order valence-electron chi connectivity index (χ1n) is 5.62. The van der Waals surface area contributed by atoms with E-state index in [1.807, 2.05) is 24.3 Å². The second-order valence-electron chi connectivity index (χ2n) is 4.14. The number of halogens is 1. The Morgan fingerprint density at radius 3 is 2.61 bits per heavy atom. The smallest absolute Gasteiger partial charge is 0.0922 e. The molecule has 92 valence electrons. The van der Waals surface area contributed by atoms with E-state index in [0.29, 0.717) is 6.42 Å². The first kappa shape index (κ1) is 12.2. The van der Waals surface area contributed by atoms with Crippen molar-refractivity contribution in [2.75, 3.05) is 0 Å². The summed E-state index contributed by atoms with van der Waals surface area (Å²) in [6.07, 6.45) is 0.195. The van der Waals surface area contributed by atoms with Gasteiger partial charge < -0.3 is 5.11 Å². The van der Waals surface area contributed by atoms with Crippen LogP contribution in [0.15, 0.2) is 41.8 Å². The predicted octanol–water partition coefficient (Wildman–Crippen LogP) is 4.89. The zero-order valence-electron chi connectivity index (χ0n) is 9.47. The Bertz CT molecular complexity index is 625. The molecular formula is C14H11ClOS2. The van der Waals surface area contributed by atoms with Gasteiger partial charge in [-0.15, -0.1) is 22.7 Å². The summed E-state index contributed by atoms with van der Waals surface area (Å²) >= 11 is 9.23. The lowest BCUT2D eigenvalue weighted by Gasteiger charge is -2.08. The van der Waals surface area contributed by atoms with Crippen molar-refractivity contribution in [1.29, 1.82) is 0 Å². The van der Waals surface area contributed by atoms with Crippen LogP contribution in [-0.2, 0) is 6.42 Å². The summed E-state index contributed by atoms with van der Waals surface area (Å²) < 4.78 is 2.51. The number of hydrogen-bond donors (Lipinski definition) is 1. The monoisotopic (exact) mass is 294 g/mol. The minimum Gasteiger partial charge on any atom is -0.387 e. The SMILES string of the molecule is OC(Cc1ccc(Cl)cc1)c1cc2sccc2s1. The molecule has 0 amide bonds. The van der Waals surface area contributed by atoms with Gasteiger partial charge in [-0.3, -0.25) is 0 Å². The highest BCUT2D eigenvalue weighted by Gasteiger charge is 2.12. The normalized spacial score (nSPS) is 13.0. The van der Waals surface area contributed by atoms with Crippen molar-refractivity contribution in [2.24, 2.45) is 0 Å². The fourth-order valence-corrected chi connectivity index (χ4v) is 4.12. The second-order valence-corrected chi connectivity index (χ2v) is 6.64. The summed E-state index contributed by atoms with van der Waals surface area (Å²) in [7, 11) is 0. The molecule has 0 radical (unpaired) electrons. The molecule has 18 heavy (non-hydrogen) atoms. The van der Waals surface area contributed by atoms with Crippen molar-refractivity contribution in [2.45, 2.75) is 12.5 Å². The third-order valence-corrected chi connectivity index (χ3v) is 5.28. The molecule has 0 saturated heterocycles. The molecule has 3 rings (SSSR count). The maximum absolute atomic E-state index is 10.2. The standard InChI is InChI=1S/C14H11ClOS2/c15-10-3-1-9(2-4-10)7-11(16)13-8-14-12(18-13)5-6-17-14/h1-6,8,11,16H,7H2. The Labute approximate surface area is 118 Å². The summed E-state index contributed by atoms with van der Waals surface area (Å²) in [5.41, 5.74) is 1.10. The van der Waals surface area contributed by atoms with Crippen molar-refractivity contribution in [1.82, 2.24) is 0 Å². The molecule has 1 N–H and O–H groups in total. The topological polar surface area (TPSA) is 20.2 Å². The van der Waals surface area contributed by atoms with E-state index in [0.717, 1.165) is 15.5 Å². The van der Waals surface area contributed by atoms with Gasteiger partial charge in [0.15, 0.2) is 0 Å². The Kier molecular flexibility index (Phi) is 3.39. The van der Waals surface area contributed by atoms with Gasteiger partial charge in [0, 0.05) is 25.7 Å². The van der Waals surface area contributed by atoms with Gasteiger partial charge in [0.25, 0.3) is 0 Å². The van der Waals surface area contributed by atoms with Crippen molar-refractivity contribution in [3.63, 3.8) is 0 Å². The number of aliphatic hydroxyl groups excluding tert-OH is 1. The van der Waals surface area contributed by atoms with Gasteiger partial charge in [0.2, 0.25) is 0 Å². The summed E-state index contributed by atoms with van der Waals surface area (Å²) in [6.45, 7) is 0. The number of fused-ring (bicyclic) bond motifs is 1. The highest BCUT2D eigenvalue weighted by atomic mass is 35.5. The van der Waals surface area contributed by atoms with Gasteiger partial charge in [-0.1, -0.05) is 23.7 Å². The summed E-state index contributed by atoms with van der Waals surface area (Å²) in [6, 6.07) is 11.8. The van der Waals surface area contributed by atoms with Gasteiger partial charge in [0.1, 0.15) is 0 Å². The molecule has 0 fully saturated rings. The fourth-order valence-electron chi connectivity index (χ4n) is 1.89. The van der Waals surface area contributed by atoms with Crippen LogP contribution in [-0.4, -0.2) is 5.11 Å². The summed E-state index contributed by atoms with van der Waals surface area (Å²) in [4.78, 5) is 1.03. The molecule has 3 aromatic rings. The van der Waals surface area contributed by atoms with E-state index < -0.39 is 6.10 Å². The van der Waals surface area contributed by atoms with Crippen molar-refractivity contribution in [3.8, 4) is 0 Å². The Morgan fingerprint density at radius 2 is 1.89 bits per heavy atom. The van der Waals surface area contributed by atoms with E-state index in [-0.39, 0.29) is 0 Å². The van der Waals surface area contributed by atoms with Crippen molar-refractivity contribution < 1.29 is 5.11 Å². The van der Waals surface area contributed by atoms with Crippen LogP contribution in [0.3, 0.4) is 0 Å². The lowest BCUT2D eigenvalue weighted by molar-refractivity contribution is 0.182. The van der Waals surface area contributed by atoms with Crippen LogP contribution in [0.25, 0.3) is 9.40 Å². The molecule has 0 spiro atoms. The number of aliphatic hydroxyl groups is 1. The van der Waals surface area contributed by atoms with Crippen LogP contribution < -0.4 is 0 Å². The average molecular weight is 295 g/mol. The number of rotatable bonds is 3. The van der Waals surface area contributed by atoms with E-state index in [1.54, 1.807) is 22.7 Å². The quantitative estimate of drug-likeness (QED) is 0.729. The number of benzene rings is 1. The first-order chi connectivity index (χ1) is 8.72. The van der Waals surface area contributed by atoms with Gasteiger partial charge in [-0.25, -0.2) is 0 Å². The third kappa shape index (κ3) is 2.45. The fraction of sp³-hybridized carbons (Fsp3) is 0.143. The molecule has 1 atom stereocenters. The molecule has 0 saturated carbocycles. The Morgan fingerprint density at radius 1 is 1.11 bits per heavy atom. The number of hydrogen-bond acceptors (Lipinski definition) is 3. The maximum Gasteiger partial charge on any atom is 0.0922 e. The van der Waals surface area contributed by atoms with Crippen molar-refractivity contribution >= 4 is 43.7 Å². The molecule has 0 aliphatic rings. The molecule has 0 bridgehead atoms. The Balaban J connectivity index is 1.80. The summed E-state index contributed by atoms with van der Waals surface area (Å²) in [5, 5.41) is 13.1. The largest absolute Gasteiger partial charge is 0.387 e. The molecule has 2 aromatic heterocycles. The van der Waals surface area contributed by atoms with Gasteiger partial charge in [0.05, 0.1) is 6.10 Å². The zero-order valence-corrected chi connectivity index (χ0v) is 11.9. The molecule has 2 heterocycles. The molecule has 1 unspecified atom stereocenters. The van der Waals surface area contributed by atoms with E-state index in [1.165, 1.54) is 9.40 Å². The van der Waals surface area contributed by atoms with Crippen LogP contribution in [0, 0.1) is 0 Å². The van der Waals surface area contributed by atoms with Crippen LogP contribution >= 0.6 is 34.3 Å². The predicted molar refractivity (Wildman–Crippen MR) is 79.8 cm³/mol. The molecule has 1 aromatic carbocycles. The first-order valence-corrected chi connectivity index (χ1v) is 7.69. The van der Waals surface area contributed by atoms with E-state index in [2.05, 4.69) is 17.5 Å². The lowest BCUT2D eigenvalue weighted by Crippen LogP contribution is -1.99. The molecule has 0 aliphatic heterocycles. The van der Waals surface area contributed by atoms with Gasteiger partial charge in [-0.2, -0.15) is 0 Å².